The first-order valence-electron chi connectivity index (χ1n) is 6.70. The quantitative estimate of drug-likeness (QED) is 0.722. The molecule has 106 valence electrons. The van der Waals surface area contributed by atoms with Gasteiger partial charge in [0.2, 0.25) is 0 Å². The molecule has 3 aromatic rings. The van der Waals surface area contributed by atoms with Gasteiger partial charge in [-0.3, -0.25) is 0 Å². The summed E-state index contributed by atoms with van der Waals surface area (Å²) in [5, 5.41) is 3.42. The second kappa shape index (κ2) is 6.14. The highest BCUT2D eigenvalue weighted by Crippen LogP contribution is 2.22. The van der Waals surface area contributed by atoms with Gasteiger partial charge in [0.15, 0.2) is 12.2 Å². The van der Waals surface area contributed by atoms with Gasteiger partial charge in [-0.05, 0) is 48.4 Å². The van der Waals surface area contributed by atoms with Crippen LogP contribution in [0.2, 0.25) is 0 Å². The monoisotopic (exact) mass is 342 g/mol. The maximum atomic E-state index is 5.28. The van der Waals surface area contributed by atoms with Gasteiger partial charge in [-0.2, -0.15) is 0 Å². The molecule has 0 radical (unpaired) electrons. The van der Waals surface area contributed by atoms with Crippen molar-refractivity contribution in [2.45, 2.75) is 13.5 Å². The van der Waals surface area contributed by atoms with Crippen LogP contribution in [0.3, 0.4) is 0 Å². The maximum absolute atomic E-state index is 5.28. The third-order valence-electron chi connectivity index (χ3n) is 3.29. The number of oxazole rings is 1. The van der Waals surface area contributed by atoms with Crippen molar-refractivity contribution in [3.8, 4) is 11.3 Å². The summed E-state index contributed by atoms with van der Waals surface area (Å²) >= 11 is 3.60. The van der Waals surface area contributed by atoms with Crippen LogP contribution in [0, 0.1) is 6.92 Å². The normalized spacial score (nSPS) is 10.6. The average molecular weight is 343 g/mol. The fourth-order valence-electron chi connectivity index (χ4n) is 2.10. The summed E-state index contributed by atoms with van der Waals surface area (Å²) in [5.74, 6) is 0.780. The van der Waals surface area contributed by atoms with Crippen LogP contribution in [-0.4, -0.2) is 4.98 Å². The van der Waals surface area contributed by atoms with Crippen molar-refractivity contribution in [3.63, 3.8) is 0 Å². The molecule has 0 spiro atoms. The fourth-order valence-corrected chi connectivity index (χ4v) is 2.74. The molecule has 3 nitrogen and oxygen atoms in total. The van der Waals surface area contributed by atoms with Gasteiger partial charge >= 0.3 is 0 Å². The Balaban J connectivity index is 1.68. The van der Waals surface area contributed by atoms with E-state index in [1.807, 2.05) is 24.3 Å². The van der Waals surface area contributed by atoms with Crippen molar-refractivity contribution < 1.29 is 4.42 Å². The Morgan fingerprint density at radius 3 is 2.62 bits per heavy atom. The zero-order chi connectivity index (χ0) is 14.7. The van der Waals surface area contributed by atoms with Crippen molar-refractivity contribution in [3.05, 3.63) is 70.7 Å². The number of aromatic nitrogens is 1. The molecule has 0 atom stereocenters. The van der Waals surface area contributed by atoms with Crippen LogP contribution in [0.15, 0.2) is 63.9 Å². The van der Waals surface area contributed by atoms with Gasteiger partial charge in [0, 0.05) is 22.3 Å². The molecule has 1 heterocycles. The summed E-state index contributed by atoms with van der Waals surface area (Å²) in [6, 6.07) is 14.5. The highest BCUT2D eigenvalue weighted by atomic mass is 79.9. The average Bonchev–Trinajstić information content (AvgIpc) is 3.01. The Morgan fingerprint density at radius 1 is 1.14 bits per heavy atom. The van der Waals surface area contributed by atoms with E-state index in [2.05, 4.69) is 51.4 Å². The largest absolute Gasteiger partial charge is 0.444 e. The summed E-state index contributed by atoms with van der Waals surface area (Å²) in [5.41, 5.74) is 4.59. The minimum atomic E-state index is 0.780. The molecule has 1 N–H and O–H groups in total. The van der Waals surface area contributed by atoms with E-state index in [-0.39, 0.29) is 0 Å². The fraction of sp³-hybridized carbons (Fsp3) is 0.118. The first kappa shape index (κ1) is 13.9. The van der Waals surface area contributed by atoms with Crippen LogP contribution < -0.4 is 5.32 Å². The summed E-state index contributed by atoms with van der Waals surface area (Å²) in [6.45, 7) is 2.87. The van der Waals surface area contributed by atoms with Gasteiger partial charge in [0.05, 0.1) is 6.20 Å². The topological polar surface area (TPSA) is 38.1 Å². The molecule has 3 rings (SSSR count). The van der Waals surface area contributed by atoms with E-state index < -0.39 is 0 Å². The number of benzene rings is 2. The summed E-state index contributed by atoms with van der Waals surface area (Å²) in [7, 11) is 0. The minimum Gasteiger partial charge on any atom is -0.444 e. The molecule has 2 aromatic carbocycles. The van der Waals surface area contributed by atoms with Crippen LogP contribution in [-0.2, 0) is 6.54 Å². The molecule has 1 aromatic heterocycles. The molecule has 0 aliphatic carbocycles. The van der Waals surface area contributed by atoms with E-state index in [9.17, 15) is 0 Å². The van der Waals surface area contributed by atoms with E-state index in [1.165, 1.54) is 17.5 Å². The SMILES string of the molecule is Cc1ccc(CNc2ccc(-c3cnco3)cc2)c(Br)c1. The van der Waals surface area contributed by atoms with Crippen molar-refractivity contribution in [1.29, 1.82) is 0 Å². The van der Waals surface area contributed by atoms with E-state index in [1.54, 1.807) is 6.20 Å². The molecule has 0 fully saturated rings. The number of nitrogens with zero attached hydrogens (tertiary/aromatic N) is 1. The van der Waals surface area contributed by atoms with Crippen LogP contribution in [0.1, 0.15) is 11.1 Å². The van der Waals surface area contributed by atoms with E-state index in [4.69, 9.17) is 4.42 Å². The van der Waals surface area contributed by atoms with Crippen LogP contribution in [0.5, 0.6) is 0 Å². The number of anilines is 1. The molecular weight excluding hydrogens is 328 g/mol. The molecule has 0 aliphatic rings. The highest BCUT2D eigenvalue weighted by molar-refractivity contribution is 9.10. The maximum Gasteiger partial charge on any atom is 0.181 e. The molecule has 0 aliphatic heterocycles. The standard InChI is InChI=1S/C17H15BrN2O/c1-12-2-3-14(16(18)8-12)9-20-15-6-4-13(5-7-15)17-10-19-11-21-17/h2-8,10-11,20H,9H2,1H3. The van der Waals surface area contributed by atoms with Crippen molar-refractivity contribution in [2.24, 2.45) is 0 Å². The van der Waals surface area contributed by atoms with Gasteiger partial charge in [0.25, 0.3) is 0 Å². The zero-order valence-electron chi connectivity index (χ0n) is 11.6. The van der Waals surface area contributed by atoms with Gasteiger partial charge in [0.1, 0.15) is 0 Å². The number of hydrogen-bond donors (Lipinski definition) is 1. The summed E-state index contributed by atoms with van der Waals surface area (Å²) in [4.78, 5) is 3.93. The molecule has 0 unspecified atom stereocenters. The van der Waals surface area contributed by atoms with Gasteiger partial charge in [-0.15, -0.1) is 0 Å². The Labute approximate surface area is 132 Å². The third kappa shape index (κ3) is 3.34. The lowest BCUT2D eigenvalue weighted by atomic mass is 10.1. The summed E-state index contributed by atoms with van der Waals surface area (Å²) < 4.78 is 6.41. The summed E-state index contributed by atoms with van der Waals surface area (Å²) in [6.07, 6.45) is 3.16. The minimum absolute atomic E-state index is 0.780. The van der Waals surface area contributed by atoms with E-state index in [0.717, 1.165) is 28.0 Å². The second-order valence-corrected chi connectivity index (χ2v) is 5.75. The number of rotatable bonds is 4. The Kier molecular flexibility index (Phi) is 4.06. The van der Waals surface area contributed by atoms with E-state index in [0.29, 0.717) is 0 Å². The molecule has 0 bridgehead atoms. The second-order valence-electron chi connectivity index (χ2n) is 4.89. The predicted octanol–water partition coefficient (Wildman–Crippen LogP) is 5.02. The first-order valence-corrected chi connectivity index (χ1v) is 7.49. The lowest BCUT2D eigenvalue weighted by molar-refractivity contribution is 0.572. The molecule has 0 amide bonds. The zero-order valence-corrected chi connectivity index (χ0v) is 13.2. The molecule has 0 saturated heterocycles. The number of nitrogens with one attached hydrogen (secondary N) is 1. The lowest BCUT2D eigenvalue weighted by Crippen LogP contribution is -2.00. The van der Waals surface area contributed by atoms with Gasteiger partial charge in [-0.1, -0.05) is 28.1 Å². The van der Waals surface area contributed by atoms with Gasteiger partial charge in [-0.25, -0.2) is 4.98 Å². The third-order valence-corrected chi connectivity index (χ3v) is 4.03. The van der Waals surface area contributed by atoms with Crippen LogP contribution >= 0.6 is 15.9 Å². The predicted molar refractivity (Wildman–Crippen MR) is 88.1 cm³/mol. The van der Waals surface area contributed by atoms with Crippen molar-refractivity contribution >= 4 is 21.6 Å². The Morgan fingerprint density at radius 2 is 1.95 bits per heavy atom. The van der Waals surface area contributed by atoms with Crippen molar-refractivity contribution in [2.75, 3.05) is 5.32 Å². The lowest BCUT2D eigenvalue weighted by Gasteiger charge is -2.09. The number of aryl methyl sites for hydroxylation is 1. The Bertz CT molecular complexity index is 721. The number of hydrogen-bond acceptors (Lipinski definition) is 3. The van der Waals surface area contributed by atoms with Crippen molar-refractivity contribution in [1.82, 2.24) is 4.98 Å². The highest BCUT2D eigenvalue weighted by Gasteiger charge is 2.02. The Hall–Kier alpha value is -2.07. The molecule has 0 saturated carbocycles. The van der Waals surface area contributed by atoms with Gasteiger partial charge < -0.3 is 9.73 Å². The first-order chi connectivity index (χ1) is 10.2. The molecule has 4 heteroatoms. The van der Waals surface area contributed by atoms with Crippen LogP contribution in [0.4, 0.5) is 5.69 Å². The molecular formula is C17H15BrN2O. The van der Waals surface area contributed by atoms with Crippen LogP contribution in [0.25, 0.3) is 11.3 Å². The molecule has 21 heavy (non-hydrogen) atoms. The smallest absolute Gasteiger partial charge is 0.181 e. The number of halogens is 1. The van der Waals surface area contributed by atoms with E-state index >= 15 is 0 Å².